The van der Waals surface area contributed by atoms with E-state index in [1.807, 2.05) is 0 Å². The molecule has 0 aromatic carbocycles. The van der Waals surface area contributed by atoms with Crippen molar-refractivity contribution in [1.82, 2.24) is 0 Å². The molecule has 0 aromatic rings. The number of Topliss-reactive ketones (excluding diaryl/α,β-unsaturated/α-hetero) is 1. The van der Waals surface area contributed by atoms with E-state index in [2.05, 4.69) is 20.8 Å². The first kappa shape index (κ1) is 27.1. The standard InChI is InChI=1S/C29H44O7/c1-16(7-10-26(33)34-6)21-8-9-22-27-23(15-25(29(21,22)5)36-18(3)31)28(4)12-11-20(32)13-19(28)14-24(27)35-17(2)30/h16,19,21-25,27H,7-15H2,1-6H3/t16-,19+,21+,22-,23-,24+,25-,27-,28-,29+/m0/s1. The minimum Gasteiger partial charge on any atom is -0.469 e. The average Bonchev–Trinajstić information content (AvgIpc) is 3.16. The van der Waals surface area contributed by atoms with Gasteiger partial charge in [-0.1, -0.05) is 20.8 Å². The molecule has 7 nitrogen and oxygen atoms in total. The van der Waals surface area contributed by atoms with Gasteiger partial charge in [-0.25, -0.2) is 0 Å². The van der Waals surface area contributed by atoms with E-state index < -0.39 is 0 Å². The van der Waals surface area contributed by atoms with Crippen molar-refractivity contribution in [2.75, 3.05) is 7.11 Å². The van der Waals surface area contributed by atoms with Crippen molar-refractivity contribution in [2.24, 2.45) is 46.3 Å². The molecule has 4 rings (SSSR count). The second-order valence-electron chi connectivity index (χ2n) is 12.6. The van der Waals surface area contributed by atoms with Crippen LogP contribution in [0, 0.1) is 46.3 Å². The summed E-state index contributed by atoms with van der Waals surface area (Å²) in [6.07, 6.45) is 6.09. The van der Waals surface area contributed by atoms with Crippen LogP contribution in [0.15, 0.2) is 0 Å². The minimum absolute atomic E-state index is 0.0382. The first-order valence-corrected chi connectivity index (χ1v) is 13.8. The van der Waals surface area contributed by atoms with E-state index in [0.717, 1.165) is 38.5 Å². The number of carbonyl (C=O) groups excluding carboxylic acids is 4. The monoisotopic (exact) mass is 504 g/mol. The van der Waals surface area contributed by atoms with Crippen molar-refractivity contribution in [3.63, 3.8) is 0 Å². The first-order valence-electron chi connectivity index (χ1n) is 13.8. The molecular formula is C29H44O7. The molecule has 0 radical (unpaired) electrons. The van der Waals surface area contributed by atoms with Crippen molar-refractivity contribution in [1.29, 1.82) is 0 Å². The molecular weight excluding hydrogens is 460 g/mol. The largest absolute Gasteiger partial charge is 0.469 e. The first-order chi connectivity index (χ1) is 16.9. The van der Waals surface area contributed by atoms with Crippen LogP contribution in [0.25, 0.3) is 0 Å². The van der Waals surface area contributed by atoms with E-state index in [0.29, 0.717) is 25.0 Å². The Balaban J connectivity index is 1.72. The Hall–Kier alpha value is -1.92. The zero-order valence-electron chi connectivity index (χ0n) is 22.8. The average molecular weight is 505 g/mol. The van der Waals surface area contributed by atoms with Crippen LogP contribution in [-0.4, -0.2) is 43.0 Å². The molecule has 0 saturated heterocycles. The Morgan fingerprint density at radius 3 is 2.36 bits per heavy atom. The lowest BCUT2D eigenvalue weighted by Gasteiger charge is -2.63. The van der Waals surface area contributed by atoms with Crippen molar-refractivity contribution in [3.05, 3.63) is 0 Å². The van der Waals surface area contributed by atoms with Crippen molar-refractivity contribution in [3.8, 4) is 0 Å². The number of methoxy groups -OCH3 is 1. The Morgan fingerprint density at radius 2 is 1.72 bits per heavy atom. The van der Waals surface area contributed by atoms with Gasteiger partial charge < -0.3 is 14.2 Å². The molecule has 4 aliphatic rings. The van der Waals surface area contributed by atoms with E-state index in [9.17, 15) is 19.2 Å². The predicted molar refractivity (Wildman–Crippen MR) is 133 cm³/mol. The number of ether oxygens (including phenoxy) is 3. The van der Waals surface area contributed by atoms with Crippen LogP contribution in [-0.2, 0) is 33.4 Å². The van der Waals surface area contributed by atoms with Crippen LogP contribution in [0.3, 0.4) is 0 Å². The van der Waals surface area contributed by atoms with Crippen LogP contribution >= 0.6 is 0 Å². The molecule has 0 amide bonds. The van der Waals surface area contributed by atoms with Crippen LogP contribution in [0.2, 0.25) is 0 Å². The summed E-state index contributed by atoms with van der Waals surface area (Å²) >= 11 is 0. The van der Waals surface area contributed by atoms with E-state index in [4.69, 9.17) is 14.2 Å². The lowest BCUT2D eigenvalue weighted by molar-refractivity contribution is -0.219. The van der Waals surface area contributed by atoms with Gasteiger partial charge in [0.25, 0.3) is 0 Å². The van der Waals surface area contributed by atoms with Gasteiger partial charge in [-0.3, -0.25) is 19.2 Å². The zero-order valence-corrected chi connectivity index (χ0v) is 22.8. The van der Waals surface area contributed by atoms with Crippen LogP contribution in [0.1, 0.15) is 92.4 Å². The van der Waals surface area contributed by atoms with Gasteiger partial charge in [-0.15, -0.1) is 0 Å². The molecule has 0 heterocycles. The minimum atomic E-state index is -0.269. The highest BCUT2D eigenvalue weighted by atomic mass is 16.5. The molecule has 0 unspecified atom stereocenters. The van der Waals surface area contributed by atoms with Gasteiger partial charge in [-0.2, -0.15) is 0 Å². The summed E-state index contributed by atoms with van der Waals surface area (Å²) in [6, 6.07) is 0. The molecule has 0 aromatic heterocycles. The smallest absolute Gasteiger partial charge is 0.305 e. The van der Waals surface area contributed by atoms with Crippen molar-refractivity contribution in [2.45, 2.75) is 105 Å². The molecule has 0 aliphatic heterocycles. The van der Waals surface area contributed by atoms with Gasteiger partial charge in [0.2, 0.25) is 0 Å². The molecule has 4 fully saturated rings. The molecule has 0 spiro atoms. The maximum Gasteiger partial charge on any atom is 0.305 e. The van der Waals surface area contributed by atoms with Crippen molar-refractivity contribution < 1.29 is 33.4 Å². The van der Waals surface area contributed by atoms with Gasteiger partial charge in [-0.05, 0) is 73.5 Å². The Morgan fingerprint density at radius 1 is 1.03 bits per heavy atom. The van der Waals surface area contributed by atoms with Crippen LogP contribution in [0.5, 0.6) is 0 Å². The van der Waals surface area contributed by atoms with Gasteiger partial charge in [0, 0.05) is 44.4 Å². The number of hydrogen-bond acceptors (Lipinski definition) is 7. The molecule has 36 heavy (non-hydrogen) atoms. The van der Waals surface area contributed by atoms with E-state index in [1.165, 1.54) is 21.0 Å². The highest BCUT2D eigenvalue weighted by Gasteiger charge is 2.67. The summed E-state index contributed by atoms with van der Waals surface area (Å²) in [5.41, 5.74) is -0.308. The highest BCUT2D eigenvalue weighted by Crippen LogP contribution is 2.69. The fourth-order valence-electron chi connectivity index (χ4n) is 9.25. The number of carbonyl (C=O) groups is 4. The van der Waals surface area contributed by atoms with Crippen LogP contribution < -0.4 is 0 Å². The highest BCUT2D eigenvalue weighted by molar-refractivity contribution is 5.79. The Bertz CT molecular complexity index is 898. The quantitative estimate of drug-likeness (QED) is 0.375. The van der Waals surface area contributed by atoms with Gasteiger partial charge in [0.15, 0.2) is 0 Å². The molecule has 202 valence electrons. The molecule has 0 N–H and O–H groups in total. The predicted octanol–water partition coefficient (Wildman–Crippen LogP) is 4.89. The maximum absolute atomic E-state index is 12.4. The molecule has 0 bridgehead atoms. The molecule has 4 aliphatic carbocycles. The summed E-state index contributed by atoms with van der Waals surface area (Å²) in [5.74, 6) is 0.944. The van der Waals surface area contributed by atoms with E-state index >= 15 is 0 Å². The summed E-state index contributed by atoms with van der Waals surface area (Å²) in [6.45, 7) is 9.76. The second kappa shape index (κ2) is 10.1. The lowest BCUT2D eigenvalue weighted by Crippen LogP contribution is -2.63. The summed E-state index contributed by atoms with van der Waals surface area (Å²) in [4.78, 5) is 48.9. The number of ketones is 1. The van der Waals surface area contributed by atoms with Gasteiger partial charge in [0.05, 0.1) is 7.11 Å². The fraction of sp³-hybridized carbons (Fsp3) is 0.862. The summed E-state index contributed by atoms with van der Waals surface area (Å²) < 4.78 is 17.0. The van der Waals surface area contributed by atoms with Gasteiger partial charge >= 0.3 is 17.9 Å². The lowest BCUT2D eigenvalue weighted by atomic mass is 9.43. The summed E-state index contributed by atoms with van der Waals surface area (Å²) in [7, 11) is 1.42. The van der Waals surface area contributed by atoms with Crippen molar-refractivity contribution >= 4 is 23.7 Å². The zero-order chi connectivity index (χ0) is 26.4. The maximum atomic E-state index is 12.4. The SMILES string of the molecule is COC(=O)CC[C@H](C)[C@H]1CC[C@H]2[C@@H]3[C@H](OC(C)=O)C[C@H]4CC(=O)CC[C@]4(C)[C@H]3C[C@H](OC(C)=O)[C@]12C. The second-order valence-corrected chi connectivity index (χ2v) is 12.6. The number of fused-ring (bicyclic) bond motifs is 5. The molecule has 7 heteroatoms. The Kier molecular flexibility index (Phi) is 7.60. The van der Waals surface area contributed by atoms with Crippen LogP contribution in [0.4, 0.5) is 0 Å². The van der Waals surface area contributed by atoms with E-state index in [-0.39, 0.29) is 76.5 Å². The third-order valence-electron chi connectivity index (χ3n) is 11.0. The number of hydrogen-bond donors (Lipinski definition) is 0. The van der Waals surface area contributed by atoms with Gasteiger partial charge in [0.1, 0.15) is 18.0 Å². The third-order valence-corrected chi connectivity index (χ3v) is 11.0. The third kappa shape index (κ3) is 4.60. The number of rotatable bonds is 6. The van der Waals surface area contributed by atoms with E-state index in [1.54, 1.807) is 0 Å². The summed E-state index contributed by atoms with van der Waals surface area (Å²) in [5, 5.41) is 0. The molecule has 4 saturated carbocycles. The number of esters is 3. The normalized spacial score (nSPS) is 42.4. The Labute approximate surface area is 215 Å². The molecule has 10 atom stereocenters. The topological polar surface area (TPSA) is 96.0 Å². The fourth-order valence-corrected chi connectivity index (χ4v) is 9.25.